The van der Waals surface area contributed by atoms with Crippen molar-refractivity contribution >= 4 is 17.9 Å². The van der Waals surface area contributed by atoms with Gasteiger partial charge in [-0.15, -0.1) is 0 Å². The van der Waals surface area contributed by atoms with Crippen molar-refractivity contribution in [2.75, 3.05) is 39.8 Å². The Kier molecular flexibility index (Phi) is 8.38. The topological polar surface area (TPSA) is 89.2 Å². The highest BCUT2D eigenvalue weighted by molar-refractivity contribution is 5.98. The molecule has 3 aliphatic heterocycles. The lowest BCUT2D eigenvalue weighted by Gasteiger charge is -2.39. The smallest absolute Gasteiger partial charge is 0.273 e. The maximum Gasteiger partial charge on any atom is 0.273 e. The summed E-state index contributed by atoms with van der Waals surface area (Å²) in [5.41, 5.74) is 3.09. The van der Waals surface area contributed by atoms with E-state index in [4.69, 9.17) is 10.00 Å². The van der Waals surface area contributed by atoms with Gasteiger partial charge in [0, 0.05) is 62.7 Å². The van der Waals surface area contributed by atoms with Crippen molar-refractivity contribution in [3.05, 3.63) is 77.1 Å². The van der Waals surface area contributed by atoms with Gasteiger partial charge in [-0.1, -0.05) is 12.1 Å². The number of piperidine rings is 2. The number of likely N-dealkylation sites (tertiary alicyclic amines) is 2. The van der Waals surface area contributed by atoms with Crippen molar-refractivity contribution < 1.29 is 14.3 Å². The van der Waals surface area contributed by atoms with Crippen molar-refractivity contribution in [2.24, 2.45) is 10.9 Å². The third-order valence-electron chi connectivity index (χ3n) is 8.07. The third-order valence-corrected chi connectivity index (χ3v) is 8.07. The van der Waals surface area contributed by atoms with Crippen LogP contribution in [0.25, 0.3) is 0 Å². The Bertz CT molecular complexity index is 1260. The van der Waals surface area contributed by atoms with E-state index >= 15 is 0 Å². The van der Waals surface area contributed by atoms with Crippen LogP contribution in [0, 0.1) is 17.2 Å². The zero-order valence-corrected chi connectivity index (χ0v) is 22.5. The minimum absolute atomic E-state index is 0.0513. The van der Waals surface area contributed by atoms with E-state index in [2.05, 4.69) is 20.9 Å². The zero-order chi connectivity index (χ0) is 27.2. The molecule has 0 aromatic heterocycles. The zero-order valence-electron chi connectivity index (χ0n) is 22.5. The third kappa shape index (κ3) is 6.37. The fourth-order valence-corrected chi connectivity index (χ4v) is 5.69. The molecule has 0 aliphatic carbocycles. The first kappa shape index (κ1) is 26.6. The van der Waals surface area contributed by atoms with Gasteiger partial charge in [0.25, 0.3) is 5.91 Å². The van der Waals surface area contributed by atoms with Gasteiger partial charge in [-0.25, -0.2) is 0 Å². The molecule has 2 fully saturated rings. The summed E-state index contributed by atoms with van der Waals surface area (Å²) >= 11 is 0. The number of hydrogen-bond donors (Lipinski definition) is 0. The van der Waals surface area contributed by atoms with Crippen LogP contribution in [0.1, 0.15) is 47.2 Å². The highest BCUT2D eigenvalue weighted by atomic mass is 16.5. The number of carbonyl (C=O) groups excluding carboxylic acids is 2. The normalized spacial score (nSPS) is 18.9. The number of methoxy groups -OCH3 is 1. The minimum Gasteiger partial charge on any atom is -0.497 e. The number of benzene rings is 2. The van der Waals surface area contributed by atoms with Crippen LogP contribution in [0.4, 0.5) is 0 Å². The van der Waals surface area contributed by atoms with Gasteiger partial charge in [-0.05, 0) is 67.6 Å². The summed E-state index contributed by atoms with van der Waals surface area (Å²) in [6.07, 6.45) is 7.17. The first-order valence-corrected chi connectivity index (χ1v) is 13.7. The summed E-state index contributed by atoms with van der Waals surface area (Å²) in [7, 11) is 1.61. The van der Waals surface area contributed by atoms with E-state index in [1.165, 1.54) is 5.56 Å². The van der Waals surface area contributed by atoms with E-state index in [1.54, 1.807) is 7.11 Å². The summed E-state index contributed by atoms with van der Waals surface area (Å²) in [4.78, 5) is 37.2. The first-order valence-electron chi connectivity index (χ1n) is 13.7. The van der Waals surface area contributed by atoms with E-state index in [0.717, 1.165) is 44.8 Å². The monoisotopic (exact) mass is 525 g/mol. The summed E-state index contributed by atoms with van der Waals surface area (Å²) < 4.78 is 5.19. The number of carbonyl (C=O) groups is 2. The van der Waals surface area contributed by atoms with E-state index in [1.807, 2.05) is 65.8 Å². The van der Waals surface area contributed by atoms with Gasteiger partial charge in [0.15, 0.2) is 5.78 Å². The lowest BCUT2D eigenvalue weighted by molar-refractivity contribution is -0.128. The molecule has 0 bridgehead atoms. The molecule has 8 nitrogen and oxygen atoms in total. The van der Waals surface area contributed by atoms with Crippen LogP contribution < -0.4 is 4.74 Å². The lowest BCUT2D eigenvalue weighted by Crippen LogP contribution is -2.45. The Labute approximate surface area is 230 Å². The van der Waals surface area contributed by atoms with E-state index < -0.39 is 0 Å². The second kappa shape index (κ2) is 12.3. The van der Waals surface area contributed by atoms with Crippen LogP contribution >= 0.6 is 0 Å². The highest BCUT2D eigenvalue weighted by Crippen LogP contribution is 2.26. The van der Waals surface area contributed by atoms with Crippen LogP contribution in [-0.2, 0) is 11.3 Å². The first-order chi connectivity index (χ1) is 19.0. The summed E-state index contributed by atoms with van der Waals surface area (Å²) in [5.74, 6) is 0.745. The minimum atomic E-state index is -0.0720. The molecule has 202 valence electrons. The van der Waals surface area contributed by atoms with Crippen LogP contribution in [0.3, 0.4) is 0 Å². The summed E-state index contributed by atoms with van der Waals surface area (Å²) in [6.45, 7) is 4.71. The molecule has 3 aliphatic rings. The number of ether oxygens (including phenoxy) is 1. The van der Waals surface area contributed by atoms with Gasteiger partial charge in [0.1, 0.15) is 11.4 Å². The number of rotatable bonds is 7. The van der Waals surface area contributed by atoms with Crippen LogP contribution in [0.5, 0.6) is 5.75 Å². The number of aliphatic imine (C=N–C) groups is 1. The molecule has 3 heterocycles. The second-order valence-electron chi connectivity index (χ2n) is 10.5. The SMILES string of the molecule is COc1ccc(C(=O)C2CCN(C(=O)C3=CN(C4CCN(Cc5ccc(C#N)cc5)CC4)CC=N3)CC2)cc1. The molecule has 8 heteroatoms. The molecular formula is C31H35N5O3. The van der Waals surface area contributed by atoms with E-state index in [0.29, 0.717) is 48.8 Å². The average molecular weight is 526 g/mol. The molecule has 0 N–H and O–H groups in total. The molecule has 2 saturated heterocycles. The Balaban J connectivity index is 1.11. The van der Waals surface area contributed by atoms with Gasteiger partial charge >= 0.3 is 0 Å². The number of ketones is 1. The molecule has 0 unspecified atom stereocenters. The Hall–Kier alpha value is -3.96. The summed E-state index contributed by atoms with van der Waals surface area (Å²) in [6, 6.07) is 17.6. The lowest BCUT2D eigenvalue weighted by atomic mass is 9.88. The summed E-state index contributed by atoms with van der Waals surface area (Å²) in [5, 5.41) is 9.00. The van der Waals surface area contributed by atoms with Gasteiger partial charge in [-0.3, -0.25) is 19.5 Å². The average Bonchev–Trinajstić information content (AvgIpc) is 3.01. The number of nitriles is 1. The molecule has 0 spiro atoms. The molecule has 0 saturated carbocycles. The maximum absolute atomic E-state index is 13.3. The highest BCUT2D eigenvalue weighted by Gasteiger charge is 2.31. The quantitative estimate of drug-likeness (QED) is 0.510. The standard InChI is InChI=1S/C31H35N5O3/c1-39-28-8-6-25(7-9-28)30(37)26-10-17-35(18-11-26)31(38)29-22-36(19-14-33-29)27-12-15-34(16-13-27)21-24-4-2-23(20-32)3-5-24/h2-9,14,22,26-27H,10-13,15-19,21H2,1H3. The maximum atomic E-state index is 13.3. The van der Waals surface area contributed by atoms with E-state index in [9.17, 15) is 9.59 Å². The van der Waals surface area contributed by atoms with Gasteiger partial charge in [0.2, 0.25) is 0 Å². The van der Waals surface area contributed by atoms with Gasteiger partial charge < -0.3 is 14.5 Å². The molecular weight excluding hydrogens is 490 g/mol. The Morgan fingerprint density at radius 1 is 0.974 bits per heavy atom. The largest absolute Gasteiger partial charge is 0.497 e. The molecule has 0 atom stereocenters. The Morgan fingerprint density at radius 2 is 1.67 bits per heavy atom. The molecule has 39 heavy (non-hydrogen) atoms. The fraction of sp³-hybridized carbons (Fsp3) is 0.419. The Morgan fingerprint density at radius 3 is 2.31 bits per heavy atom. The number of nitrogens with zero attached hydrogens (tertiary/aromatic N) is 5. The number of amides is 1. The number of hydrogen-bond acceptors (Lipinski definition) is 7. The van der Waals surface area contributed by atoms with E-state index in [-0.39, 0.29) is 17.6 Å². The van der Waals surface area contributed by atoms with Crippen molar-refractivity contribution in [1.29, 1.82) is 5.26 Å². The molecule has 5 rings (SSSR count). The van der Waals surface area contributed by atoms with Crippen LogP contribution in [0.15, 0.2) is 65.4 Å². The molecule has 0 radical (unpaired) electrons. The van der Waals surface area contributed by atoms with Crippen molar-refractivity contribution in [2.45, 2.75) is 38.3 Å². The van der Waals surface area contributed by atoms with Crippen LogP contribution in [0.2, 0.25) is 0 Å². The van der Waals surface area contributed by atoms with Crippen molar-refractivity contribution in [3.8, 4) is 11.8 Å². The number of Topliss-reactive ketones (excluding diaryl/α,β-unsaturated/α-hetero) is 1. The van der Waals surface area contributed by atoms with Crippen LogP contribution in [-0.4, -0.2) is 78.5 Å². The van der Waals surface area contributed by atoms with Gasteiger partial charge in [-0.2, -0.15) is 5.26 Å². The fourth-order valence-electron chi connectivity index (χ4n) is 5.69. The van der Waals surface area contributed by atoms with Crippen molar-refractivity contribution in [1.82, 2.24) is 14.7 Å². The predicted molar refractivity (Wildman–Crippen MR) is 149 cm³/mol. The van der Waals surface area contributed by atoms with Gasteiger partial charge in [0.05, 0.1) is 25.3 Å². The molecule has 1 amide bonds. The second-order valence-corrected chi connectivity index (χ2v) is 10.5. The molecule has 2 aromatic carbocycles. The van der Waals surface area contributed by atoms with Crippen molar-refractivity contribution in [3.63, 3.8) is 0 Å². The molecule has 2 aromatic rings. The predicted octanol–water partition coefficient (Wildman–Crippen LogP) is 3.88.